The Kier molecular flexibility index (Phi) is 2.28. The van der Waals surface area contributed by atoms with Gasteiger partial charge in [-0.25, -0.2) is 4.79 Å². The predicted octanol–water partition coefficient (Wildman–Crippen LogP) is -0.565. The molecule has 2 aliphatic rings. The maximum Gasteiger partial charge on any atom is 0.327 e. The number of aliphatic carboxylic acids is 1. The Labute approximate surface area is 97.1 Å². The molecular weight excluding hydrogens is 232 g/mol. The van der Waals surface area contributed by atoms with Crippen molar-refractivity contribution in [3.05, 3.63) is 0 Å². The van der Waals surface area contributed by atoms with Gasteiger partial charge < -0.3 is 14.7 Å². The number of nitrogens with two attached hydrogens (primary N) is 1. The van der Waals surface area contributed by atoms with Crippen LogP contribution in [0, 0.1) is 0 Å². The number of carbonyl (C=O) groups excluding carboxylic acids is 1. The maximum atomic E-state index is 11.8. The van der Waals surface area contributed by atoms with Crippen molar-refractivity contribution in [2.75, 3.05) is 7.11 Å². The van der Waals surface area contributed by atoms with Crippen molar-refractivity contribution in [3.63, 3.8) is 0 Å². The Bertz CT molecular complexity index is 373. The van der Waals surface area contributed by atoms with Crippen molar-refractivity contribution in [1.29, 1.82) is 0 Å². The molecule has 0 aliphatic carbocycles. The minimum Gasteiger partial charge on any atom is -0.480 e. The molecule has 2 aliphatic heterocycles. The maximum absolute atomic E-state index is 11.8. The average Bonchev–Trinajstić information content (AvgIpc) is 2.46. The highest BCUT2D eigenvalue weighted by Gasteiger charge is 2.70. The highest BCUT2D eigenvalue weighted by atomic mass is 32.2. The normalized spacial score (nSPS) is 40.5. The zero-order chi connectivity index (χ0) is 12.3. The lowest BCUT2D eigenvalue weighted by Gasteiger charge is -2.49. The van der Waals surface area contributed by atoms with E-state index in [0.29, 0.717) is 0 Å². The highest BCUT2D eigenvalue weighted by molar-refractivity contribution is 8.01. The second-order valence-electron chi connectivity index (χ2n) is 4.52. The van der Waals surface area contributed by atoms with Crippen LogP contribution >= 0.6 is 11.8 Å². The molecule has 2 rings (SSSR count). The number of hydrogen-bond donors (Lipinski definition) is 2. The molecule has 7 heteroatoms. The molecule has 0 aromatic rings. The van der Waals surface area contributed by atoms with Gasteiger partial charge in [0.2, 0.25) is 5.72 Å². The van der Waals surface area contributed by atoms with Gasteiger partial charge in [-0.1, -0.05) is 0 Å². The van der Waals surface area contributed by atoms with Gasteiger partial charge in [0.1, 0.15) is 11.4 Å². The van der Waals surface area contributed by atoms with Gasteiger partial charge in [-0.2, -0.15) is 0 Å². The fourth-order valence-electron chi connectivity index (χ4n) is 2.24. The summed E-state index contributed by atoms with van der Waals surface area (Å²) in [7, 11) is 1.36. The number of nitrogens with zero attached hydrogens (tertiary/aromatic N) is 1. The van der Waals surface area contributed by atoms with E-state index >= 15 is 0 Å². The first-order chi connectivity index (χ1) is 7.25. The van der Waals surface area contributed by atoms with Gasteiger partial charge in [-0.3, -0.25) is 10.5 Å². The van der Waals surface area contributed by atoms with E-state index in [2.05, 4.69) is 0 Å². The van der Waals surface area contributed by atoms with Crippen molar-refractivity contribution in [1.82, 2.24) is 4.90 Å². The van der Waals surface area contributed by atoms with Crippen molar-refractivity contribution in [2.24, 2.45) is 5.73 Å². The van der Waals surface area contributed by atoms with Crippen LogP contribution < -0.4 is 5.73 Å². The Morgan fingerprint density at radius 3 is 2.62 bits per heavy atom. The fraction of sp³-hybridized carbons (Fsp3) is 0.778. The third-order valence-corrected chi connectivity index (χ3v) is 4.74. The molecule has 3 atom stereocenters. The van der Waals surface area contributed by atoms with Crippen LogP contribution in [0.15, 0.2) is 0 Å². The van der Waals surface area contributed by atoms with Gasteiger partial charge in [0.25, 0.3) is 5.91 Å². The summed E-state index contributed by atoms with van der Waals surface area (Å²) in [5, 5.41) is 8.73. The van der Waals surface area contributed by atoms with E-state index in [-0.39, 0.29) is 0 Å². The molecular formula is C9H14N2O4S. The standard InChI is InChI=1S/C9H14N2O4S/c1-8(2)4(5(12)13)11-6(14)9(10,15-3)7(11)16-8/h4,7H,10H2,1-3H3,(H,12,13). The number of carboxylic acids is 1. The zero-order valence-corrected chi connectivity index (χ0v) is 10.1. The molecule has 0 saturated carbocycles. The minimum atomic E-state index is -1.37. The first kappa shape index (κ1) is 11.7. The van der Waals surface area contributed by atoms with Crippen molar-refractivity contribution in [3.8, 4) is 0 Å². The molecule has 0 spiro atoms. The summed E-state index contributed by atoms with van der Waals surface area (Å²) < 4.78 is 4.43. The Hall–Kier alpha value is -0.790. The highest BCUT2D eigenvalue weighted by Crippen LogP contribution is 2.54. The van der Waals surface area contributed by atoms with Gasteiger partial charge in [-0.15, -0.1) is 11.8 Å². The van der Waals surface area contributed by atoms with Gasteiger partial charge in [-0.05, 0) is 13.8 Å². The number of amides is 1. The number of fused-ring (bicyclic) bond motifs is 1. The number of rotatable bonds is 2. The topological polar surface area (TPSA) is 92.9 Å². The Balaban J connectivity index is 2.35. The van der Waals surface area contributed by atoms with Gasteiger partial charge in [0, 0.05) is 11.9 Å². The molecule has 2 saturated heterocycles. The van der Waals surface area contributed by atoms with E-state index in [1.54, 1.807) is 13.8 Å². The Morgan fingerprint density at radius 2 is 2.19 bits per heavy atom. The molecule has 1 amide bonds. The molecule has 0 bridgehead atoms. The van der Waals surface area contributed by atoms with Crippen molar-refractivity contribution >= 4 is 23.6 Å². The number of thioether (sulfide) groups is 1. The summed E-state index contributed by atoms with van der Waals surface area (Å²) in [5.41, 5.74) is 4.42. The lowest BCUT2D eigenvalue weighted by atomic mass is 9.94. The molecule has 0 radical (unpaired) electrons. The van der Waals surface area contributed by atoms with Crippen LogP contribution in [0.1, 0.15) is 13.8 Å². The minimum absolute atomic E-state index is 0.416. The first-order valence-electron chi connectivity index (χ1n) is 4.83. The first-order valence-corrected chi connectivity index (χ1v) is 5.71. The van der Waals surface area contributed by atoms with Crippen LogP contribution in [-0.2, 0) is 14.3 Å². The van der Waals surface area contributed by atoms with E-state index < -0.39 is 33.8 Å². The van der Waals surface area contributed by atoms with Gasteiger partial charge in [0.15, 0.2) is 0 Å². The van der Waals surface area contributed by atoms with E-state index in [1.165, 1.54) is 23.8 Å². The molecule has 16 heavy (non-hydrogen) atoms. The largest absolute Gasteiger partial charge is 0.480 e. The molecule has 2 heterocycles. The van der Waals surface area contributed by atoms with E-state index in [4.69, 9.17) is 15.6 Å². The molecule has 0 aromatic heterocycles. The van der Waals surface area contributed by atoms with Gasteiger partial charge >= 0.3 is 5.97 Å². The van der Waals surface area contributed by atoms with E-state index in [0.717, 1.165) is 0 Å². The number of ether oxygens (including phenoxy) is 1. The van der Waals surface area contributed by atoms with Crippen LogP contribution in [0.25, 0.3) is 0 Å². The van der Waals surface area contributed by atoms with Crippen LogP contribution in [0.4, 0.5) is 0 Å². The number of β-lactam (4-membered cyclic amide) rings is 1. The summed E-state index contributed by atoms with van der Waals surface area (Å²) in [6.07, 6.45) is 0. The van der Waals surface area contributed by atoms with Crippen LogP contribution in [0.2, 0.25) is 0 Å². The number of hydrogen-bond acceptors (Lipinski definition) is 5. The predicted molar refractivity (Wildman–Crippen MR) is 57.7 cm³/mol. The van der Waals surface area contributed by atoms with Crippen LogP contribution in [0.5, 0.6) is 0 Å². The third kappa shape index (κ3) is 1.16. The number of carbonyl (C=O) groups is 2. The lowest BCUT2D eigenvalue weighted by Crippen LogP contribution is -2.78. The molecule has 2 fully saturated rings. The second-order valence-corrected chi connectivity index (χ2v) is 6.26. The number of carboxylic acid groups (broad SMARTS) is 1. The molecule has 3 unspecified atom stereocenters. The summed E-state index contributed by atoms with van der Waals surface area (Å²) in [5.74, 6) is -1.46. The fourth-order valence-corrected chi connectivity index (χ4v) is 3.86. The third-order valence-electron chi connectivity index (χ3n) is 3.11. The summed E-state index contributed by atoms with van der Waals surface area (Å²) >= 11 is 1.36. The Morgan fingerprint density at radius 1 is 1.62 bits per heavy atom. The van der Waals surface area contributed by atoms with Crippen LogP contribution in [-0.4, -0.2) is 50.9 Å². The summed E-state index contributed by atoms with van der Waals surface area (Å²) in [4.78, 5) is 24.3. The molecule has 3 N–H and O–H groups in total. The van der Waals surface area contributed by atoms with E-state index in [1.807, 2.05) is 0 Å². The lowest BCUT2D eigenvalue weighted by molar-refractivity contribution is -0.192. The summed E-state index contributed by atoms with van der Waals surface area (Å²) in [6.45, 7) is 3.58. The quantitative estimate of drug-likeness (QED) is 0.501. The van der Waals surface area contributed by atoms with Gasteiger partial charge in [0.05, 0.1) is 0 Å². The molecule has 90 valence electrons. The summed E-state index contributed by atoms with van der Waals surface area (Å²) in [6, 6.07) is -0.846. The zero-order valence-electron chi connectivity index (χ0n) is 9.26. The average molecular weight is 246 g/mol. The van der Waals surface area contributed by atoms with Crippen LogP contribution in [0.3, 0.4) is 0 Å². The SMILES string of the molecule is COC1(N)C(=O)N2C(C(=O)O)C(C)(C)SC21. The van der Waals surface area contributed by atoms with E-state index in [9.17, 15) is 9.59 Å². The second kappa shape index (κ2) is 3.12. The van der Waals surface area contributed by atoms with Crippen molar-refractivity contribution < 1.29 is 19.4 Å². The molecule has 6 nitrogen and oxygen atoms in total. The molecule has 0 aromatic carbocycles. The number of methoxy groups -OCH3 is 1. The van der Waals surface area contributed by atoms with Crippen molar-refractivity contribution in [2.45, 2.75) is 35.7 Å². The monoisotopic (exact) mass is 246 g/mol. The smallest absolute Gasteiger partial charge is 0.327 e.